The lowest BCUT2D eigenvalue weighted by atomic mass is 10.1. The number of hydrogen-bond donors (Lipinski definition) is 0. The average Bonchev–Trinajstić information content (AvgIpc) is 2.71. The summed E-state index contributed by atoms with van der Waals surface area (Å²) < 4.78 is 10.5. The van der Waals surface area contributed by atoms with Gasteiger partial charge in [-0.05, 0) is 43.3 Å². The summed E-state index contributed by atoms with van der Waals surface area (Å²) in [4.78, 5) is 37.3. The highest BCUT2D eigenvalue weighted by Gasteiger charge is 2.22. The van der Waals surface area contributed by atoms with E-state index in [1.165, 1.54) is 11.8 Å². The van der Waals surface area contributed by atoms with E-state index in [0.717, 1.165) is 0 Å². The summed E-state index contributed by atoms with van der Waals surface area (Å²) in [5, 5.41) is 0. The van der Waals surface area contributed by atoms with Crippen molar-refractivity contribution in [3.05, 3.63) is 60.2 Å². The summed E-state index contributed by atoms with van der Waals surface area (Å²) in [6.07, 6.45) is -0.508. The Kier molecular flexibility index (Phi) is 7.11. The van der Waals surface area contributed by atoms with Crippen LogP contribution < -0.4 is 9.64 Å². The van der Waals surface area contributed by atoms with Gasteiger partial charge >= 0.3 is 5.97 Å². The second kappa shape index (κ2) is 9.52. The smallest absolute Gasteiger partial charge is 0.344 e. The first-order chi connectivity index (χ1) is 12.9. The van der Waals surface area contributed by atoms with Crippen molar-refractivity contribution in [2.24, 2.45) is 0 Å². The van der Waals surface area contributed by atoms with Crippen LogP contribution in [-0.4, -0.2) is 37.4 Å². The SMILES string of the molecule is CCC(=O)c1ccc(OCC(=O)O[C@H](C)C(=O)N(C)c2ccccc2)cc1. The molecule has 2 rings (SSSR count). The van der Waals surface area contributed by atoms with E-state index in [4.69, 9.17) is 9.47 Å². The Morgan fingerprint density at radius 3 is 2.22 bits per heavy atom. The van der Waals surface area contributed by atoms with Crippen molar-refractivity contribution in [2.45, 2.75) is 26.4 Å². The summed E-state index contributed by atoms with van der Waals surface area (Å²) in [6, 6.07) is 15.6. The van der Waals surface area contributed by atoms with Gasteiger partial charge in [0.1, 0.15) is 5.75 Å². The van der Waals surface area contributed by atoms with Crippen molar-refractivity contribution in [3.63, 3.8) is 0 Å². The van der Waals surface area contributed by atoms with E-state index in [2.05, 4.69) is 0 Å². The minimum atomic E-state index is -0.934. The molecule has 0 N–H and O–H groups in total. The largest absolute Gasteiger partial charge is 0.482 e. The van der Waals surface area contributed by atoms with Gasteiger partial charge in [0.25, 0.3) is 5.91 Å². The zero-order valence-electron chi connectivity index (χ0n) is 15.7. The third kappa shape index (κ3) is 5.67. The summed E-state index contributed by atoms with van der Waals surface area (Å²) in [5.74, 6) is -0.501. The number of anilines is 1. The fourth-order valence-corrected chi connectivity index (χ4v) is 2.42. The van der Waals surface area contributed by atoms with Gasteiger partial charge in [-0.25, -0.2) is 4.79 Å². The maximum atomic E-state index is 12.4. The predicted octanol–water partition coefficient (Wildman–Crippen LogP) is 3.25. The van der Waals surface area contributed by atoms with Crippen molar-refractivity contribution in [3.8, 4) is 5.75 Å². The van der Waals surface area contributed by atoms with Crippen molar-refractivity contribution in [1.82, 2.24) is 0 Å². The molecule has 0 bridgehead atoms. The molecule has 0 heterocycles. The number of Topliss-reactive ketones (excluding diaryl/α,β-unsaturated/α-hetero) is 1. The summed E-state index contributed by atoms with van der Waals surface area (Å²) in [5.41, 5.74) is 1.30. The van der Waals surface area contributed by atoms with Crippen LogP contribution in [0, 0.1) is 0 Å². The molecule has 0 aromatic heterocycles. The molecule has 0 aliphatic carbocycles. The lowest BCUT2D eigenvalue weighted by Gasteiger charge is -2.21. The second-order valence-electron chi connectivity index (χ2n) is 5.95. The molecule has 0 saturated carbocycles. The van der Waals surface area contributed by atoms with E-state index >= 15 is 0 Å². The Balaban J connectivity index is 1.84. The van der Waals surface area contributed by atoms with E-state index in [1.807, 2.05) is 18.2 Å². The molecule has 27 heavy (non-hydrogen) atoms. The van der Waals surface area contributed by atoms with Gasteiger partial charge in [-0.1, -0.05) is 25.1 Å². The molecule has 6 nitrogen and oxygen atoms in total. The third-order valence-electron chi connectivity index (χ3n) is 3.98. The quantitative estimate of drug-likeness (QED) is 0.527. The maximum absolute atomic E-state index is 12.4. The number of benzene rings is 2. The Bertz CT molecular complexity index is 786. The molecule has 142 valence electrons. The molecule has 0 unspecified atom stereocenters. The molecular weight excluding hydrogens is 346 g/mol. The Labute approximate surface area is 158 Å². The van der Waals surface area contributed by atoms with Crippen molar-refractivity contribution in [2.75, 3.05) is 18.6 Å². The van der Waals surface area contributed by atoms with Gasteiger partial charge in [0.2, 0.25) is 0 Å². The zero-order valence-corrected chi connectivity index (χ0v) is 15.7. The summed E-state index contributed by atoms with van der Waals surface area (Å²) in [6.45, 7) is 2.99. The lowest BCUT2D eigenvalue weighted by Crippen LogP contribution is -2.38. The first kappa shape index (κ1) is 20.2. The number of nitrogens with zero attached hydrogens (tertiary/aromatic N) is 1. The highest BCUT2D eigenvalue weighted by atomic mass is 16.6. The average molecular weight is 369 g/mol. The Hall–Kier alpha value is -3.15. The van der Waals surface area contributed by atoms with Gasteiger partial charge < -0.3 is 14.4 Å². The van der Waals surface area contributed by atoms with Crippen LogP contribution in [-0.2, 0) is 14.3 Å². The number of carbonyl (C=O) groups is 3. The lowest BCUT2D eigenvalue weighted by molar-refractivity contribution is -0.155. The monoisotopic (exact) mass is 369 g/mol. The van der Waals surface area contributed by atoms with Crippen LogP contribution >= 0.6 is 0 Å². The van der Waals surface area contributed by atoms with Gasteiger partial charge in [-0.3, -0.25) is 9.59 Å². The Morgan fingerprint density at radius 2 is 1.63 bits per heavy atom. The summed E-state index contributed by atoms with van der Waals surface area (Å²) >= 11 is 0. The van der Waals surface area contributed by atoms with Crippen LogP contribution in [0.1, 0.15) is 30.6 Å². The van der Waals surface area contributed by atoms with E-state index in [-0.39, 0.29) is 18.3 Å². The van der Waals surface area contributed by atoms with Gasteiger partial charge in [0.15, 0.2) is 18.5 Å². The molecule has 6 heteroatoms. The van der Waals surface area contributed by atoms with E-state index in [0.29, 0.717) is 23.4 Å². The molecule has 2 aromatic carbocycles. The van der Waals surface area contributed by atoms with Crippen LogP contribution in [0.4, 0.5) is 5.69 Å². The zero-order chi connectivity index (χ0) is 19.8. The molecule has 1 atom stereocenters. The van der Waals surface area contributed by atoms with E-state index in [9.17, 15) is 14.4 Å². The molecule has 0 aliphatic heterocycles. The number of amides is 1. The Morgan fingerprint density at radius 1 is 1.00 bits per heavy atom. The fraction of sp³-hybridized carbons (Fsp3) is 0.286. The molecule has 0 fully saturated rings. The van der Waals surface area contributed by atoms with Crippen LogP contribution in [0.15, 0.2) is 54.6 Å². The van der Waals surface area contributed by atoms with Crippen molar-refractivity contribution >= 4 is 23.3 Å². The number of rotatable bonds is 8. The number of ether oxygens (including phenoxy) is 2. The van der Waals surface area contributed by atoms with Crippen molar-refractivity contribution in [1.29, 1.82) is 0 Å². The number of ketones is 1. The van der Waals surface area contributed by atoms with Crippen LogP contribution in [0.5, 0.6) is 5.75 Å². The number of carbonyl (C=O) groups excluding carboxylic acids is 3. The highest BCUT2D eigenvalue weighted by Crippen LogP contribution is 2.15. The number of likely N-dealkylation sites (N-methyl/N-ethyl adjacent to an activating group) is 1. The van der Waals surface area contributed by atoms with Gasteiger partial charge in [0, 0.05) is 24.7 Å². The molecule has 2 aromatic rings. The van der Waals surface area contributed by atoms with Crippen LogP contribution in [0.3, 0.4) is 0 Å². The number of hydrogen-bond acceptors (Lipinski definition) is 5. The highest BCUT2D eigenvalue weighted by molar-refractivity contribution is 5.97. The maximum Gasteiger partial charge on any atom is 0.344 e. The molecule has 0 saturated heterocycles. The topological polar surface area (TPSA) is 72.9 Å². The van der Waals surface area contributed by atoms with E-state index < -0.39 is 12.1 Å². The minimum absolute atomic E-state index is 0.0378. The van der Waals surface area contributed by atoms with Gasteiger partial charge in [-0.15, -0.1) is 0 Å². The third-order valence-corrected chi connectivity index (χ3v) is 3.98. The standard InChI is InChI=1S/C21H23NO5/c1-4-19(23)16-10-12-18(13-11-16)26-14-20(24)27-15(2)21(25)22(3)17-8-6-5-7-9-17/h5-13,15H,4,14H2,1-3H3/t15-/m1/s1. The minimum Gasteiger partial charge on any atom is -0.482 e. The fourth-order valence-electron chi connectivity index (χ4n) is 2.42. The van der Waals surface area contributed by atoms with Gasteiger partial charge in [0.05, 0.1) is 0 Å². The van der Waals surface area contributed by atoms with Crippen molar-refractivity contribution < 1.29 is 23.9 Å². The van der Waals surface area contributed by atoms with Gasteiger partial charge in [-0.2, -0.15) is 0 Å². The molecule has 0 spiro atoms. The van der Waals surface area contributed by atoms with Crippen LogP contribution in [0.25, 0.3) is 0 Å². The molecule has 0 radical (unpaired) electrons. The predicted molar refractivity (Wildman–Crippen MR) is 102 cm³/mol. The first-order valence-electron chi connectivity index (χ1n) is 8.70. The molecule has 1 amide bonds. The summed E-state index contributed by atoms with van der Waals surface area (Å²) in [7, 11) is 1.62. The van der Waals surface area contributed by atoms with E-state index in [1.54, 1.807) is 50.4 Å². The normalized spacial score (nSPS) is 11.4. The second-order valence-corrected chi connectivity index (χ2v) is 5.95. The molecular formula is C21H23NO5. The first-order valence-corrected chi connectivity index (χ1v) is 8.70. The molecule has 0 aliphatic rings. The van der Waals surface area contributed by atoms with Crippen LogP contribution in [0.2, 0.25) is 0 Å². The number of para-hydroxylation sites is 1. The number of esters is 1.